The molecule has 0 spiro atoms. The van der Waals surface area contributed by atoms with E-state index in [1.54, 1.807) is 0 Å². The Labute approximate surface area is 148 Å². The maximum atomic E-state index is 12.5. The molecule has 0 saturated heterocycles. The summed E-state index contributed by atoms with van der Waals surface area (Å²) >= 11 is 3.91. The molecule has 0 bridgehead atoms. The molecular weight excluding hydrogens is 326 g/mol. The molecule has 24 heavy (non-hydrogen) atoms. The Morgan fingerprint density at radius 1 is 1.17 bits per heavy atom. The van der Waals surface area contributed by atoms with E-state index in [1.165, 1.54) is 0 Å². The molecule has 0 saturated carbocycles. The van der Waals surface area contributed by atoms with Crippen molar-refractivity contribution in [2.45, 2.75) is 38.8 Å². The van der Waals surface area contributed by atoms with Crippen molar-refractivity contribution >= 4 is 30.4 Å². The van der Waals surface area contributed by atoms with E-state index in [0.29, 0.717) is 12.8 Å². The van der Waals surface area contributed by atoms with Gasteiger partial charge in [-0.05, 0) is 11.5 Å². The van der Waals surface area contributed by atoms with Gasteiger partial charge in [0, 0.05) is 6.42 Å². The fourth-order valence-corrected chi connectivity index (χ4v) is 2.35. The molecule has 0 aliphatic heterocycles. The van der Waals surface area contributed by atoms with Gasteiger partial charge in [-0.3, -0.25) is 14.4 Å². The Bertz CT molecular complexity index is 565. The number of hydrogen-bond donors (Lipinski definition) is 4. The summed E-state index contributed by atoms with van der Waals surface area (Å²) < 4.78 is 0. The van der Waals surface area contributed by atoms with Crippen molar-refractivity contribution in [3.8, 4) is 0 Å². The van der Waals surface area contributed by atoms with E-state index < -0.39 is 23.9 Å². The number of primary amides is 1. The number of nitrogens with two attached hydrogens (primary N) is 1. The molecule has 1 rings (SSSR count). The Balaban J connectivity index is 2.83. The average molecular weight is 351 g/mol. The van der Waals surface area contributed by atoms with Crippen LogP contribution in [0.4, 0.5) is 0 Å². The van der Waals surface area contributed by atoms with Crippen molar-refractivity contribution in [1.82, 2.24) is 10.6 Å². The standard InChI is InChI=1S/C17H25N3O3S/c1-3-11(2)15(20-14(21)10-24)17(23)19-13(16(18)22)9-12-7-5-4-6-8-12/h4-8,11,13,15,24H,3,9-10H2,1-2H3,(H2,18,22)(H,19,23)(H,20,21)/t11-,13+,15+/m1/s1. The summed E-state index contributed by atoms with van der Waals surface area (Å²) in [6, 6.07) is 7.72. The lowest BCUT2D eigenvalue weighted by atomic mass is 9.97. The fourth-order valence-electron chi connectivity index (χ4n) is 2.26. The van der Waals surface area contributed by atoms with Crippen molar-refractivity contribution < 1.29 is 14.4 Å². The van der Waals surface area contributed by atoms with Crippen LogP contribution >= 0.6 is 12.6 Å². The lowest BCUT2D eigenvalue weighted by Crippen LogP contribution is -2.55. The van der Waals surface area contributed by atoms with Gasteiger partial charge in [-0.15, -0.1) is 0 Å². The SMILES string of the molecule is CC[C@@H](C)[C@H](NC(=O)CS)C(=O)N[C@@H](Cc1ccccc1)C(N)=O. The number of amides is 3. The zero-order valence-electron chi connectivity index (χ0n) is 14.0. The Morgan fingerprint density at radius 2 is 1.79 bits per heavy atom. The Morgan fingerprint density at radius 3 is 2.29 bits per heavy atom. The highest BCUT2D eigenvalue weighted by molar-refractivity contribution is 7.81. The van der Waals surface area contributed by atoms with E-state index >= 15 is 0 Å². The van der Waals surface area contributed by atoms with E-state index in [-0.39, 0.29) is 17.6 Å². The minimum atomic E-state index is -0.834. The largest absolute Gasteiger partial charge is 0.368 e. The highest BCUT2D eigenvalue weighted by atomic mass is 32.1. The maximum Gasteiger partial charge on any atom is 0.243 e. The zero-order chi connectivity index (χ0) is 18.1. The molecule has 0 aliphatic carbocycles. The molecular formula is C17H25N3O3S. The van der Waals surface area contributed by atoms with E-state index in [0.717, 1.165) is 5.56 Å². The number of benzene rings is 1. The summed E-state index contributed by atoms with van der Waals surface area (Å²) in [5.74, 6) is -1.46. The summed E-state index contributed by atoms with van der Waals surface area (Å²) in [6.45, 7) is 3.78. The van der Waals surface area contributed by atoms with E-state index in [1.807, 2.05) is 44.2 Å². The molecule has 0 fully saturated rings. The van der Waals surface area contributed by atoms with E-state index in [9.17, 15) is 14.4 Å². The highest BCUT2D eigenvalue weighted by Crippen LogP contribution is 2.10. The molecule has 6 nitrogen and oxygen atoms in total. The Kier molecular flexibility index (Phi) is 8.32. The van der Waals surface area contributed by atoms with Crippen LogP contribution in [0.2, 0.25) is 0 Å². The molecule has 0 heterocycles. The molecule has 4 N–H and O–H groups in total. The first-order valence-electron chi connectivity index (χ1n) is 7.92. The van der Waals surface area contributed by atoms with Crippen molar-refractivity contribution in [1.29, 1.82) is 0 Å². The third kappa shape index (κ3) is 6.23. The van der Waals surface area contributed by atoms with Gasteiger partial charge in [0.25, 0.3) is 0 Å². The summed E-state index contributed by atoms with van der Waals surface area (Å²) in [4.78, 5) is 35.8. The Hall–Kier alpha value is -2.02. The molecule has 132 valence electrons. The third-order valence-corrected chi connectivity index (χ3v) is 4.19. The molecule has 7 heteroatoms. The second-order valence-corrected chi connectivity index (χ2v) is 6.06. The second-order valence-electron chi connectivity index (χ2n) is 5.74. The van der Waals surface area contributed by atoms with Crippen LogP contribution in [-0.4, -0.2) is 35.6 Å². The van der Waals surface area contributed by atoms with Crippen LogP contribution in [0.15, 0.2) is 30.3 Å². The number of rotatable bonds is 9. The van der Waals surface area contributed by atoms with Crippen molar-refractivity contribution in [2.24, 2.45) is 11.7 Å². The quantitative estimate of drug-likeness (QED) is 0.492. The van der Waals surface area contributed by atoms with Gasteiger partial charge in [-0.2, -0.15) is 12.6 Å². The molecule has 3 amide bonds. The molecule has 0 radical (unpaired) electrons. The average Bonchev–Trinajstić information content (AvgIpc) is 2.58. The van der Waals surface area contributed by atoms with Gasteiger partial charge in [0.2, 0.25) is 17.7 Å². The summed E-state index contributed by atoms with van der Waals surface area (Å²) in [5, 5.41) is 5.30. The first kappa shape index (κ1) is 20.0. The minimum absolute atomic E-state index is 0.0104. The van der Waals surface area contributed by atoms with Gasteiger partial charge >= 0.3 is 0 Å². The minimum Gasteiger partial charge on any atom is -0.368 e. The van der Waals surface area contributed by atoms with Gasteiger partial charge in [0.05, 0.1) is 5.75 Å². The predicted molar refractivity (Wildman–Crippen MR) is 96.5 cm³/mol. The van der Waals surface area contributed by atoms with Crippen LogP contribution in [-0.2, 0) is 20.8 Å². The lowest BCUT2D eigenvalue weighted by Gasteiger charge is -2.25. The summed E-state index contributed by atoms with van der Waals surface area (Å²) in [7, 11) is 0. The van der Waals surface area contributed by atoms with Crippen LogP contribution in [0, 0.1) is 5.92 Å². The predicted octanol–water partition coefficient (Wildman–Crippen LogP) is 0.660. The highest BCUT2D eigenvalue weighted by Gasteiger charge is 2.28. The number of hydrogen-bond acceptors (Lipinski definition) is 4. The van der Waals surface area contributed by atoms with Crippen LogP contribution in [0.5, 0.6) is 0 Å². The van der Waals surface area contributed by atoms with Crippen molar-refractivity contribution in [3.63, 3.8) is 0 Å². The number of thiol groups is 1. The molecule has 3 atom stereocenters. The van der Waals surface area contributed by atoms with Gasteiger partial charge in [-0.1, -0.05) is 50.6 Å². The van der Waals surface area contributed by atoms with E-state index in [2.05, 4.69) is 23.3 Å². The van der Waals surface area contributed by atoms with E-state index in [4.69, 9.17) is 5.73 Å². The lowest BCUT2D eigenvalue weighted by molar-refractivity contribution is -0.131. The molecule has 1 aromatic carbocycles. The van der Waals surface area contributed by atoms with Crippen molar-refractivity contribution in [3.05, 3.63) is 35.9 Å². The van der Waals surface area contributed by atoms with Gasteiger partial charge in [0.1, 0.15) is 12.1 Å². The molecule has 0 unspecified atom stereocenters. The van der Waals surface area contributed by atoms with Crippen molar-refractivity contribution in [2.75, 3.05) is 5.75 Å². The maximum absolute atomic E-state index is 12.5. The van der Waals surface area contributed by atoms with Crippen LogP contribution < -0.4 is 16.4 Å². The summed E-state index contributed by atoms with van der Waals surface area (Å²) in [5.41, 5.74) is 6.31. The second kappa shape index (κ2) is 9.97. The first-order valence-corrected chi connectivity index (χ1v) is 8.56. The van der Waals surface area contributed by atoms with Gasteiger partial charge in [-0.25, -0.2) is 0 Å². The normalized spacial score (nSPS) is 14.3. The third-order valence-electron chi connectivity index (χ3n) is 3.90. The van der Waals surface area contributed by atoms with Gasteiger partial charge < -0.3 is 16.4 Å². The van der Waals surface area contributed by atoms with Gasteiger partial charge in [0.15, 0.2) is 0 Å². The smallest absolute Gasteiger partial charge is 0.243 e. The molecule has 0 aromatic heterocycles. The molecule has 0 aliphatic rings. The number of carbonyl (C=O) groups excluding carboxylic acids is 3. The monoisotopic (exact) mass is 351 g/mol. The first-order chi connectivity index (χ1) is 11.4. The van der Waals surface area contributed by atoms with Crippen LogP contribution in [0.25, 0.3) is 0 Å². The van der Waals surface area contributed by atoms with Crippen LogP contribution in [0.3, 0.4) is 0 Å². The zero-order valence-corrected chi connectivity index (χ0v) is 14.9. The number of carbonyl (C=O) groups is 3. The van der Waals surface area contributed by atoms with Crippen LogP contribution in [0.1, 0.15) is 25.8 Å². The topological polar surface area (TPSA) is 101 Å². The number of nitrogens with one attached hydrogen (secondary N) is 2. The summed E-state index contributed by atoms with van der Waals surface area (Å²) in [6.07, 6.45) is 1.00. The molecule has 1 aromatic rings. The fraction of sp³-hybridized carbons (Fsp3) is 0.471.